The van der Waals surface area contributed by atoms with E-state index in [4.69, 9.17) is 4.74 Å². The topological polar surface area (TPSA) is 36.3 Å². The van der Waals surface area contributed by atoms with Crippen LogP contribution >= 0.6 is 0 Å². The molecule has 2 atom stereocenters. The molecule has 3 heteroatoms. The molecule has 0 bridgehead atoms. The molecule has 1 heterocycles. The molecule has 2 rings (SSSR count). The summed E-state index contributed by atoms with van der Waals surface area (Å²) in [6.45, 7) is 13.7. The summed E-state index contributed by atoms with van der Waals surface area (Å²) in [7, 11) is -1.89. The van der Waals surface area contributed by atoms with Gasteiger partial charge in [-0.05, 0) is 28.3 Å². The summed E-state index contributed by atoms with van der Waals surface area (Å²) in [5, 5.41) is 10.9. The highest BCUT2D eigenvalue weighted by atomic mass is 28.3. The monoisotopic (exact) mass is 327 g/mol. The maximum absolute atomic E-state index is 9.90. The third-order valence-corrected chi connectivity index (χ3v) is 12.4. The Morgan fingerprint density at radius 1 is 1.04 bits per heavy atom. The van der Waals surface area contributed by atoms with Crippen molar-refractivity contribution in [3.63, 3.8) is 0 Å². The lowest BCUT2D eigenvalue weighted by Crippen LogP contribution is -2.46. The summed E-state index contributed by atoms with van der Waals surface area (Å²) in [6.07, 6.45) is 2.33. The highest BCUT2D eigenvalue weighted by molar-refractivity contribution is 6.90. The van der Waals surface area contributed by atoms with Gasteiger partial charge in [-0.2, -0.15) is 5.26 Å². The van der Waals surface area contributed by atoms with E-state index in [1.54, 1.807) is 0 Å². The van der Waals surface area contributed by atoms with Gasteiger partial charge >= 0.3 is 0 Å². The van der Waals surface area contributed by atoms with Crippen molar-refractivity contribution < 1.29 is 4.74 Å². The molecule has 1 aliphatic rings. The van der Waals surface area contributed by atoms with Gasteiger partial charge in [0.15, 0.2) is 0 Å². The molecule has 23 heavy (non-hydrogen) atoms. The van der Waals surface area contributed by atoms with Gasteiger partial charge in [-0.3, -0.25) is 0 Å². The first kappa shape index (κ1) is 18.0. The molecule has 2 nitrogen and oxygen atoms in total. The molecule has 1 aromatic carbocycles. The van der Waals surface area contributed by atoms with Crippen LogP contribution in [-0.4, -0.2) is 14.2 Å². The van der Waals surface area contributed by atoms with Gasteiger partial charge in [0.2, 0.25) is 0 Å². The molecule has 0 amide bonds. The second-order valence-corrected chi connectivity index (χ2v) is 13.4. The molecular formula is C20H29NOSi. The van der Waals surface area contributed by atoms with Gasteiger partial charge in [-0.15, -0.1) is 0 Å². The zero-order chi connectivity index (χ0) is 17.2. The number of benzene rings is 1. The van der Waals surface area contributed by atoms with Crippen LogP contribution in [0.3, 0.4) is 0 Å². The van der Waals surface area contributed by atoms with E-state index in [9.17, 15) is 5.26 Å². The summed E-state index contributed by atoms with van der Waals surface area (Å²) in [4.78, 5) is 0. The van der Waals surface area contributed by atoms with Gasteiger partial charge in [0.1, 0.15) is 20.3 Å². The van der Waals surface area contributed by atoms with Gasteiger partial charge in [-0.1, -0.05) is 71.9 Å². The van der Waals surface area contributed by atoms with Crippen LogP contribution < -0.4 is 0 Å². The van der Waals surface area contributed by atoms with Gasteiger partial charge in [0, 0.05) is 5.20 Å². The minimum absolute atomic E-state index is 0.0650. The molecule has 0 spiro atoms. The third kappa shape index (κ3) is 3.29. The second kappa shape index (κ2) is 7.03. The minimum atomic E-state index is -1.89. The van der Waals surface area contributed by atoms with Crippen molar-refractivity contribution in [3.8, 4) is 6.07 Å². The summed E-state index contributed by atoms with van der Waals surface area (Å²) in [5.74, 6) is 0. The molecule has 0 aliphatic carbocycles. The van der Waals surface area contributed by atoms with E-state index in [1.165, 1.54) is 5.56 Å². The average Bonchev–Trinajstić information content (AvgIpc) is 3.26. The predicted molar refractivity (Wildman–Crippen MR) is 98.8 cm³/mol. The van der Waals surface area contributed by atoms with Gasteiger partial charge < -0.3 is 4.74 Å². The first-order valence-corrected chi connectivity index (χ1v) is 10.9. The van der Waals surface area contributed by atoms with E-state index < -0.39 is 8.07 Å². The fourth-order valence-electron chi connectivity index (χ4n) is 4.54. The third-order valence-electron chi connectivity index (χ3n) is 5.44. The van der Waals surface area contributed by atoms with Crippen molar-refractivity contribution in [3.05, 3.63) is 47.2 Å². The Bertz CT molecular complexity index is 576. The van der Waals surface area contributed by atoms with E-state index in [1.807, 2.05) is 18.2 Å². The van der Waals surface area contributed by atoms with Crippen molar-refractivity contribution in [1.29, 1.82) is 5.26 Å². The molecule has 1 aromatic rings. The fourth-order valence-corrected chi connectivity index (χ4v) is 11.0. The van der Waals surface area contributed by atoms with Gasteiger partial charge in [0.25, 0.3) is 0 Å². The maximum Gasteiger partial charge on any atom is 0.113 e. The SMILES string of the molecule is CC(C)[Si](/C(C#N)=C/[C@H]1O[C@H]1c1ccccc1)(C(C)C)C(C)C. The first-order chi connectivity index (χ1) is 10.9. The molecule has 1 fully saturated rings. The highest BCUT2D eigenvalue weighted by Crippen LogP contribution is 2.48. The summed E-state index contributed by atoms with van der Waals surface area (Å²) in [6, 6.07) is 12.9. The highest BCUT2D eigenvalue weighted by Gasteiger charge is 2.48. The van der Waals surface area contributed by atoms with Crippen LogP contribution in [0.4, 0.5) is 0 Å². The molecule has 0 unspecified atom stereocenters. The second-order valence-electron chi connectivity index (χ2n) is 7.52. The van der Waals surface area contributed by atoms with E-state index in [2.05, 4.69) is 65.8 Å². The Kier molecular flexibility index (Phi) is 5.49. The molecule has 1 aliphatic heterocycles. The lowest BCUT2D eigenvalue weighted by molar-refractivity contribution is 0.394. The van der Waals surface area contributed by atoms with Crippen molar-refractivity contribution in [1.82, 2.24) is 0 Å². The van der Waals surface area contributed by atoms with Crippen molar-refractivity contribution in [2.45, 2.75) is 70.4 Å². The van der Waals surface area contributed by atoms with Crippen LogP contribution in [0.25, 0.3) is 0 Å². The summed E-state index contributed by atoms with van der Waals surface area (Å²) < 4.78 is 5.86. The average molecular weight is 328 g/mol. The molecular weight excluding hydrogens is 298 g/mol. The number of allylic oxidation sites excluding steroid dienone is 1. The molecule has 0 aromatic heterocycles. The smallest absolute Gasteiger partial charge is 0.113 e. The van der Waals surface area contributed by atoms with Gasteiger partial charge in [-0.25, -0.2) is 0 Å². The standard InChI is InChI=1S/C20H29NOSi/c1-14(2)23(15(3)4,16(5)6)18(13-21)12-19-20(22-19)17-10-8-7-9-11-17/h7-12,14-16,19-20H,1-6H3/b18-12+/t19-,20+/m1/s1. The number of ether oxygens (including phenoxy) is 1. The molecule has 1 saturated heterocycles. The predicted octanol–water partition coefficient (Wildman–Crippen LogP) is 5.79. The number of hydrogen-bond acceptors (Lipinski definition) is 2. The number of rotatable bonds is 6. The van der Waals surface area contributed by atoms with Crippen LogP contribution in [0.2, 0.25) is 16.6 Å². The Morgan fingerprint density at radius 2 is 1.57 bits per heavy atom. The quantitative estimate of drug-likeness (QED) is 0.376. The van der Waals surface area contributed by atoms with E-state index in [0.29, 0.717) is 16.6 Å². The van der Waals surface area contributed by atoms with Gasteiger partial charge in [0.05, 0.1) is 6.07 Å². The number of nitrogens with zero attached hydrogens (tertiary/aromatic N) is 1. The van der Waals surface area contributed by atoms with Crippen molar-refractivity contribution in [2.75, 3.05) is 0 Å². The number of nitriles is 1. The maximum atomic E-state index is 9.90. The minimum Gasteiger partial charge on any atom is -0.360 e. The number of hydrogen-bond donors (Lipinski definition) is 0. The Hall–Kier alpha value is -1.37. The first-order valence-electron chi connectivity index (χ1n) is 8.68. The Balaban J connectivity index is 2.33. The largest absolute Gasteiger partial charge is 0.360 e. The lowest BCUT2D eigenvalue weighted by atomic mass is 10.1. The van der Waals surface area contributed by atoms with Crippen molar-refractivity contribution in [2.24, 2.45) is 0 Å². The van der Waals surface area contributed by atoms with Crippen LogP contribution in [0.5, 0.6) is 0 Å². The van der Waals surface area contributed by atoms with Crippen LogP contribution in [0.15, 0.2) is 41.6 Å². The zero-order valence-corrected chi connectivity index (χ0v) is 16.2. The Labute approximate surface area is 142 Å². The van der Waals surface area contributed by atoms with E-state index in [0.717, 1.165) is 5.20 Å². The number of epoxide rings is 1. The van der Waals surface area contributed by atoms with Crippen molar-refractivity contribution >= 4 is 8.07 Å². The van der Waals surface area contributed by atoms with Crippen LogP contribution in [-0.2, 0) is 4.74 Å². The van der Waals surface area contributed by atoms with Crippen LogP contribution in [0.1, 0.15) is 53.2 Å². The fraction of sp³-hybridized carbons (Fsp3) is 0.550. The van der Waals surface area contributed by atoms with E-state index >= 15 is 0 Å². The molecule has 0 N–H and O–H groups in total. The zero-order valence-electron chi connectivity index (χ0n) is 15.2. The normalized spacial score (nSPS) is 21.8. The molecule has 0 radical (unpaired) electrons. The Morgan fingerprint density at radius 3 is 2.00 bits per heavy atom. The van der Waals surface area contributed by atoms with Crippen LogP contribution in [0, 0.1) is 11.3 Å². The lowest BCUT2D eigenvalue weighted by Gasteiger charge is -2.42. The molecule has 124 valence electrons. The molecule has 0 saturated carbocycles. The summed E-state index contributed by atoms with van der Waals surface area (Å²) in [5.41, 5.74) is 2.84. The summed E-state index contributed by atoms with van der Waals surface area (Å²) >= 11 is 0. The van der Waals surface area contributed by atoms with E-state index in [-0.39, 0.29) is 12.2 Å².